The predicted octanol–water partition coefficient (Wildman–Crippen LogP) is -0.391. The van der Waals surface area contributed by atoms with Crippen molar-refractivity contribution < 1.29 is 14.7 Å². The molecule has 36 valence electrons. The number of rotatable bonds is 2. The summed E-state index contributed by atoms with van der Waals surface area (Å²) in [5.74, 6) is -1.39. The molecule has 0 aromatic carbocycles. The summed E-state index contributed by atoms with van der Waals surface area (Å²) in [7, 11) is 0. The highest BCUT2D eigenvalue weighted by Crippen LogP contribution is 1.65. The average Bonchev–Trinajstić information content (AvgIpc) is 1.61. The molecule has 3 heteroatoms. The van der Waals surface area contributed by atoms with Crippen molar-refractivity contribution in [3.8, 4) is 0 Å². The zero-order valence-corrected chi connectivity index (χ0v) is 3.38. The number of hydrogen-bond acceptors (Lipinski definition) is 2. The van der Waals surface area contributed by atoms with Gasteiger partial charge in [-0.25, -0.2) is 9.90 Å². The highest BCUT2D eigenvalue weighted by atomic mass is 16.4. The Kier molecular flexibility index (Phi) is 2.59. The largest absolute Gasteiger partial charge is 0.379 e. The number of carbonyl (C=O) groups excluding carboxylic acids is 2. The second-order valence-corrected chi connectivity index (χ2v) is 0.770. The van der Waals surface area contributed by atoms with Crippen molar-refractivity contribution in [2.24, 2.45) is 0 Å². The molecule has 0 aromatic rings. The Morgan fingerprint density at radius 2 is 2.14 bits per heavy atom. The van der Waals surface area contributed by atoms with Gasteiger partial charge in [0.1, 0.15) is 0 Å². The van der Waals surface area contributed by atoms with Gasteiger partial charge in [0.15, 0.2) is 0 Å². The Hall–Kier alpha value is -1.12. The van der Waals surface area contributed by atoms with E-state index in [4.69, 9.17) is 0 Å². The molecule has 0 saturated heterocycles. The number of allylic oxidation sites excluding steroid dienone is 1. The standard InChI is InChI=1S/C4H2O3/c5-3-1-2-4(6)7/h1-2H/b2-1-. The molecule has 0 spiro atoms. The third kappa shape index (κ3) is 4.88. The fourth-order valence-electron chi connectivity index (χ4n) is 0.102. The Morgan fingerprint density at radius 1 is 1.57 bits per heavy atom. The van der Waals surface area contributed by atoms with Crippen LogP contribution in [-0.2, 0) is 14.7 Å². The van der Waals surface area contributed by atoms with Crippen LogP contribution in [0.4, 0.5) is 0 Å². The Bertz CT molecular complexity index is 104. The molecule has 0 amide bonds. The van der Waals surface area contributed by atoms with Crippen LogP contribution in [0, 0.1) is 0 Å². The minimum absolute atomic E-state index is 0.604. The van der Waals surface area contributed by atoms with Crippen molar-refractivity contribution >= 4 is 12.3 Å². The SMILES string of the molecule is [O]C(=O)/C=C\[C]=O. The van der Waals surface area contributed by atoms with Gasteiger partial charge >= 0.3 is 5.97 Å². The van der Waals surface area contributed by atoms with Gasteiger partial charge in [-0.15, -0.1) is 0 Å². The zero-order chi connectivity index (χ0) is 5.70. The van der Waals surface area contributed by atoms with E-state index in [2.05, 4.69) is 0 Å². The van der Waals surface area contributed by atoms with Crippen LogP contribution in [0.2, 0.25) is 0 Å². The molecular formula is C4H2O3. The first-order valence-electron chi connectivity index (χ1n) is 1.52. The smallest absolute Gasteiger partial charge is 0.286 e. The number of hydrogen-bond donors (Lipinski definition) is 0. The Morgan fingerprint density at radius 3 is 2.29 bits per heavy atom. The van der Waals surface area contributed by atoms with Gasteiger partial charge in [0, 0.05) is 6.08 Å². The van der Waals surface area contributed by atoms with Gasteiger partial charge in [0.05, 0.1) is 0 Å². The van der Waals surface area contributed by atoms with Crippen LogP contribution in [0.25, 0.3) is 0 Å². The van der Waals surface area contributed by atoms with Crippen LogP contribution in [-0.4, -0.2) is 12.3 Å². The van der Waals surface area contributed by atoms with Crippen molar-refractivity contribution in [1.82, 2.24) is 0 Å². The molecule has 0 atom stereocenters. The van der Waals surface area contributed by atoms with Crippen molar-refractivity contribution in [2.75, 3.05) is 0 Å². The molecule has 0 unspecified atom stereocenters. The van der Waals surface area contributed by atoms with E-state index in [1.165, 1.54) is 6.29 Å². The second-order valence-electron chi connectivity index (χ2n) is 0.770. The van der Waals surface area contributed by atoms with E-state index in [0.29, 0.717) is 6.08 Å². The maximum Gasteiger partial charge on any atom is 0.379 e. The lowest BCUT2D eigenvalue weighted by atomic mass is 10.5. The Labute approximate surface area is 40.3 Å². The minimum atomic E-state index is -1.39. The van der Waals surface area contributed by atoms with E-state index in [1.54, 1.807) is 0 Å². The van der Waals surface area contributed by atoms with E-state index >= 15 is 0 Å². The average molecular weight is 98.1 g/mol. The molecule has 0 aliphatic rings. The van der Waals surface area contributed by atoms with E-state index in [-0.39, 0.29) is 0 Å². The van der Waals surface area contributed by atoms with Crippen LogP contribution >= 0.6 is 0 Å². The van der Waals surface area contributed by atoms with Crippen molar-refractivity contribution in [1.29, 1.82) is 0 Å². The van der Waals surface area contributed by atoms with E-state index < -0.39 is 5.97 Å². The first kappa shape index (κ1) is 5.88. The van der Waals surface area contributed by atoms with E-state index in [0.717, 1.165) is 6.08 Å². The van der Waals surface area contributed by atoms with Gasteiger partial charge in [0.25, 0.3) is 0 Å². The summed E-state index contributed by atoms with van der Waals surface area (Å²) in [6.07, 6.45) is 2.58. The van der Waals surface area contributed by atoms with Gasteiger partial charge in [-0.05, 0) is 6.08 Å². The lowest BCUT2D eigenvalue weighted by molar-refractivity contribution is -0.137. The lowest BCUT2D eigenvalue weighted by Gasteiger charge is -1.61. The number of carbonyl (C=O) groups is 1. The van der Waals surface area contributed by atoms with Gasteiger partial charge in [-0.3, -0.25) is 4.79 Å². The maximum atomic E-state index is 9.38. The molecule has 0 fully saturated rings. The summed E-state index contributed by atoms with van der Waals surface area (Å²) < 4.78 is 0. The van der Waals surface area contributed by atoms with E-state index in [1.807, 2.05) is 0 Å². The predicted molar refractivity (Wildman–Crippen MR) is 20.5 cm³/mol. The summed E-state index contributed by atoms with van der Waals surface area (Å²) in [4.78, 5) is 18.6. The summed E-state index contributed by atoms with van der Waals surface area (Å²) in [6.45, 7) is 0. The monoisotopic (exact) mass is 98.0 g/mol. The molecular weight excluding hydrogens is 96.0 g/mol. The highest BCUT2D eigenvalue weighted by molar-refractivity contribution is 5.84. The van der Waals surface area contributed by atoms with Crippen molar-refractivity contribution in [3.63, 3.8) is 0 Å². The van der Waals surface area contributed by atoms with Gasteiger partial charge in [0.2, 0.25) is 6.29 Å². The molecule has 2 radical (unpaired) electrons. The van der Waals surface area contributed by atoms with Gasteiger partial charge in [-0.2, -0.15) is 0 Å². The topological polar surface area (TPSA) is 54.0 Å². The molecule has 0 rings (SSSR count). The molecule has 0 saturated carbocycles. The summed E-state index contributed by atoms with van der Waals surface area (Å²) >= 11 is 0. The van der Waals surface area contributed by atoms with Crippen molar-refractivity contribution in [2.45, 2.75) is 0 Å². The highest BCUT2D eigenvalue weighted by Gasteiger charge is 1.84. The van der Waals surface area contributed by atoms with Crippen LogP contribution in [0.5, 0.6) is 0 Å². The fraction of sp³-hybridized carbons (Fsp3) is 0. The van der Waals surface area contributed by atoms with Crippen LogP contribution < -0.4 is 0 Å². The third-order valence-corrected chi connectivity index (χ3v) is 0.287. The third-order valence-electron chi connectivity index (χ3n) is 0.287. The van der Waals surface area contributed by atoms with Gasteiger partial charge < -0.3 is 0 Å². The molecule has 0 bridgehead atoms. The molecule has 0 N–H and O–H groups in total. The second kappa shape index (κ2) is 3.08. The van der Waals surface area contributed by atoms with Crippen LogP contribution in [0.1, 0.15) is 0 Å². The molecule has 0 heterocycles. The van der Waals surface area contributed by atoms with Crippen LogP contribution in [0.3, 0.4) is 0 Å². The fourth-order valence-corrected chi connectivity index (χ4v) is 0.102. The zero-order valence-electron chi connectivity index (χ0n) is 3.38. The molecule has 3 nitrogen and oxygen atoms in total. The Balaban J connectivity index is 3.46. The molecule has 0 aliphatic carbocycles. The van der Waals surface area contributed by atoms with Crippen LogP contribution in [0.15, 0.2) is 12.2 Å². The maximum absolute atomic E-state index is 9.38. The summed E-state index contributed by atoms with van der Waals surface area (Å²) in [5.41, 5.74) is 0. The first-order valence-corrected chi connectivity index (χ1v) is 1.52. The minimum Gasteiger partial charge on any atom is -0.286 e. The van der Waals surface area contributed by atoms with Gasteiger partial charge in [-0.1, -0.05) is 0 Å². The van der Waals surface area contributed by atoms with Crippen molar-refractivity contribution in [3.05, 3.63) is 12.2 Å². The first-order chi connectivity index (χ1) is 3.27. The molecule has 0 aromatic heterocycles. The summed E-state index contributed by atoms with van der Waals surface area (Å²) in [6, 6.07) is 0. The lowest BCUT2D eigenvalue weighted by Crippen LogP contribution is -1.82. The molecule has 7 heavy (non-hydrogen) atoms. The normalized spacial score (nSPS) is 9.14. The summed E-state index contributed by atoms with van der Waals surface area (Å²) in [5, 5.41) is 9.38. The van der Waals surface area contributed by atoms with E-state index in [9.17, 15) is 14.7 Å². The quantitative estimate of drug-likeness (QED) is 0.441. The molecule has 0 aliphatic heterocycles.